The van der Waals surface area contributed by atoms with E-state index in [0.29, 0.717) is 38.6 Å². The Morgan fingerprint density at radius 1 is 1.15 bits per heavy atom. The highest BCUT2D eigenvalue weighted by molar-refractivity contribution is 5.78. The minimum atomic E-state index is -0.0590. The standard InChI is InChI=1S/C14H27N3O3/c1-20-11-10-17-14(19)7-9-16-13(18)6-5-12-4-2-3-8-15-12/h12,15H,2-11H2,1H3,(H,16,18)(H,17,19). The van der Waals surface area contributed by atoms with E-state index in [1.165, 1.54) is 12.8 Å². The van der Waals surface area contributed by atoms with Crippen LogP contribution in [-0.2, 0) is 14.3 Å². The number of ether oxygens (including phenoxy) is 1. The molecule has 0 aromatic carbocycles. The van der Waals surface area contributed by atoms with Gasteiger partial charge in [0.25, 0.3) is 0 Å². The summed E-state index contributed by atoms with van der Waals surface area (Å²) in [5.74, 6) is -0.0293. The summed E-state index contributed by atoms with van der Waals surface area (Å²) >= 11 is 0. The average molecular weight is 285 g/mol. The van der Waals surface area contributed by atoms with E-state index in [1.54, 1.807) is 7.11 Å². The van der Waals surface area contributed by atoms with E-state index in [0.717, 1.165) is 19.4 Å². The van der Waals surface area contributed by atoms with Crippen molar-refractivity contribution >= 4 is 11.8 Å². The number of piperidine rings is 1. The van der Waals surface area contributed by atoms with Gasteiger partial charge in [-0.15, -0.1) is 0 Å². The SMILES string of the molecule is COCCNC(=O)CCNC(=O)CCC1CCCCN1. The second-order valence-electron chi connectivity index (χ2n) is 5.13. The van der Waals surface area contributed by atoms with Gasteiger partial charge in [-0.2, -0.15) is 0 Å². The first kappa shape index (κ1) is 16.9. The van der Waals surface area contributed by atoms with Crippen LogP contribution in [0.15, 0.2) is 0 Å². The molecule has 0 spiro atoms. The number of carbonyl (C=O) groups is 2. The van der Waals surface area contributed by atoms with Gasteiger partial charge < -0.3 is 20.7 Å². The maximum atomic E-state index is 11.6. The number of nitrogens with one attached hydrogen (secondary N) is 3. The highest BCUT2D eigenvalue weighted by Crippen LogP contribution is 2.11. The molecule has 1 fully saturated rings. The van der Waals surface area contributed by atoms with E-state index in [9.17, 15) is 9.59 Å². The van der Waals surface area contributed by atoms with Gasteiger partial charge in [-0.25, -0.2) is 0 Å². The second kappa shape index (κ2) is 10.6. The Balaban J connectivity index is 1.97. The third-order valence-corrected chi connectivity index (χ3v) is 3.43. The van der Waals surface area contributed by atoms with Crippen molar-refractivity contribution in [2.24, 2.45) is 0 Å². The first-order valence-corrected chi connectivity index (χ1v) is 7.48. The fourth-order valence-electron chi connectivity index (χ4n) is 2.26. The summed E-state index contributed by atoms with van der Waals surface area (Å²) in [6.45, 7) is 2.48. The average Bonchev–Trinajstić information content (AvgIpc) is 2.46. The maximum absolute atomic E-state index is 11.6. The lowest BCUT2D eigenvalue weighted by Gasteiger charge is -2.23. The van der Waals surface area contributed by atoms with Crippen LogP contribution in [0.5, 0.6) is 0 Å². The van der Waals surface area contributed by atoms with Gasteiger partial charge in [-0.1, -0.05) is 6.42 Å². The fourth-order valence-corrected chi connectivity index (χ4v) is 2.26. The van der Waals surface area contributed by atoms with Crippen LogP contribution in [0.4, 0.5) is 0 Å². The third-order valence-electron chi connectivity index (χ3n) is 3.43. The molecule has 6 nitrogen and oxygen atoms in total. The van der Waals surface area contributed by atoms with E-state index in [4.69, 9.17) is 4.74 Å². The highest BCUT2D eigenvalue weighted by Gasteiger charge is 2.13. The summed E-state index contributed by atoms with van der Waals surface area (Å²) in [6, 6.07) is 0.479. The summed E-state index contributed by atoms with van der Waals surface area (Å²) in [4.78, 5) is 23.0. The third kappa shape index (κ3) is 8.12. The molecule has 0 aliphatic carbocycles. The minimum Gasteiger partial charge on any atom is -0.383 e. The van der Waals surface area contributed by atoms with Gasteiger partial charge in [-0.05, 0) is 25.8 Å². The lowest BCUT2D eigenvalue weighted by molar-refractivity contribution is -0.122. The minimum absolute atomic E-state index is 0.0297. The van der Waals surface area contributed by atoms with Crippen LogP contribution in [0, 0.1) is 0 Å². The van der Waals surface area contributed by atoms with Crippen LogP contribution in [0.25, 0.3) is 0 Å². The molecule has 0 aromatic heterocycles. The van der Waals surface area contributed by atoms with E-state index < -0.39 is 0 Å². The van der Waals surface area contributed by atoms with Gasteiger partial charge in [0, 0.05) is 39.1 Å². The lowest BCUT2D eigenvalue weighted by atomic mass is 10.0. The largest absolute Gasteiger partial charge is 0.383 e. The lowest BCUT2D eigenvalue weighted by Crippen LogP contribution is -2.36. The molecule has 0 radical (unpaired) electrons. The van der Waals surface area contributed by atoms with Gasteiger partial charge >= 0.3 is 0 Å². The molecule has 1 rings (SSSR count). The number of amides is 2. The summed E-state index contributed by atoms with van der Waals surface area (Å²) in [6.07, 6.45) is 5.38. The van der Waals surface area contributed by atoms with Crippen molar-refractivity contribution in [3.05, 3.63) is 0 Å². The monoisotopic (exact) mass is 285 g/mol. The van der Waals surface area contributed by atoms with E-state index in [2.05, 4.69) is 16.0 Å². The Kier molecular flexibility index (Phi) is 8.98. The Morgan fingerprint density at radius 2 is 1.90 bits per heavy atom. The zero-order valence-corrected chi connectivity index (χ0v) is 12.4. The first-order valence-electron chi connectivity index (χ1n) is 7.48. The molecule has 6 heteroatoms. The molecule has 3 N–H and O–H groups in total. The maximum Gasteiger partial charge on any atom is 0.221 e. The van der Waals surface area contributed by atoms with Crippen molar-refractivity contribution in [2.75, 3.05) is 33.4 Å². The fraction of sp³-hybridized carbons (Fsp3) is 0.857. The van der Waals surface area contributed by atoms with Crippen LogP contribution >= 0.6 is 0 Å². The normalized spacial score (nSPS) is 18.6. The van der Waals surface area contributed by atoms with E-state index >= 15 is 0 Å². The van der Waals surface area contributed by atoms with E-state index in [1.807, 2.05) is 0 Å². The van der Waals surface area contributed by atoms with E-state index in [-0.39, 0.29) is 11.8 Å². The molecule has 1 aliphatic rings. The van der Waals surface area contributed by atoms with Crippen molar-refractivity contribution in [2.45, 2.75) is 44.6 Å². The Hall–Kier alpha value is -1.14. The van der Waals surface area contributed by atoms with Gasteiger partial charge in [0.2, 0.25) is 11.8 Å². The summed E-state index contributed by atoms with van der Waals surface area (Å²) in [5, 5.41) is 8.92. The number of hydrogen-bond donors (Lipinski definition) is 3. The molecule has 1 aliphatic heterocycles. The Labute approximate surface area is 121 Å². The summed E-state index contributed by atoms with van der Waals surface area (Å²) in [7, 11) is 1.59. The summed E-state index contributed by atoms with van der Waals surface area (Å²) in [5.41, 5.74) is 0. The molecular weight excluding hydrogens is 258 g/mol. The van der Waals surface area contributed by atoms with Crippen molar-refractivity contribution < 1.29 is 14.3 Å². The summed E-state index contributed by atoms with van der Waals surface area (Å²) < 4.78 is 4.83. The first-order chi connectivity index (χ1) is 9.72. The van der Waals surface area contributed by atoms with Crippen LogP contribution in [-0.4, -0.2) is 51.2 Å². The van der Waals surface area contributed by atoms with Crippen molar-refractivity contribution in [3.63, 3.8) is 0 Å². The number of rotatable bonds is 9. The topological polar surface area (TPSA) is 79.5 Å². The zero-order valence-electron chi connectivity index (χ0n) is 12.4. The molecule has 1 unspecified atom stereocenters. The molecule has 0 bridgehead atoms. The zero-order chi connectivity index (χ0) is 14.6. The van der Waals surface area contributed by atoms with Crippen molar-refractivity contribution in [3.8, 4) is 0 Å². The number of methoxy groups -OCH3 is 1. The number of hydrogen-bond acceptors (Lipinski definition) is 4. The second-order valence-corrected chi connectivity index (χ2v) is 5.13. The van der Waals surface area contributed by atoms with Crippen molar-refractivity contribution in [1.82, 2.24) is 16.0 Å². The van der Waals surface area contributed by atoms with Crippen LogP contribution in [0.1, 0.15) is 38.5 Å². The van der Waals surface area contributed by atoms with Gasteiger partial charge in [-0.3, -0.25) is 9.59 Å². The van der Waals surface area contributed by atoms with Crippen molar-refractivity contribution in [1.29, 1.82) is 0 Å². The van der Waals surface area contributed by atoms with Crippen LogP contribution in [0.3, 0.4) is 0 Å². The molecular formula is C14H27N3O3. The number of carbonyl (C=O) groups excluding carboxylic acids is 2. The van der Waals surface area contributed by atoms with Crippen LogP contribution in [0.2, 0.25) is 0 Å². The molecule has 1 heterocycles. The smallest absolute Gasteiger partial charge is 0.221 e. The molecule has 1 saturated heterocycles. The molecule has 2 amide bonds. The Morgan fingerprint density at radius 3 is 2.60 bits per heavy atom. The molecule has 1 atom stereocenters. The highest BCUT2D eigenvalue weighted by atomic mass is 16.5. The molecule has 116 valence electrons. The van der Waals surface area contributed by atoms with Gasteiger partial charge in [0.05, 0.1) is 6.61 Å². The quantitative estimate of drug-likeness (QED) is 0.528. The Bertz CT molecular complexity index is 291. The predicted molar refractivity (Wildman–Crippen MR) is 77.4 cm³/mol. The van der Waals surface area contributed by atoms with Crippen LogP contribution < -0.4 is 16.0 Å². The van der Waals surface area contributed by atoms with Gasteiger partial charge in [0.1, 0.15) is 0 Å². The van der Waals surface area contributed by atoms with Gasteiger partial charge in [0.15, 0.2) is 0 Å². The molecule has 20 heavy (non-hydrogen) atoms. The molecule has 0 aromatic rings. The molecule has 0 saturated carbocycles. The predicted octanol–water partition coefficient (Wildman–Crippen LogP) is 0.178.